The quantitative estimate of drug-likeness (QED) is 0.473. The molecular weight excluding hydrogens is 288 g/mol. The Morgan fingerprint density at radius 3 is 2.23 bits per heavy atom. The van der Waals surface area contributed by atoms with Gasteiger partial charge < -0.3 is 21.7 Å². The maximum Gasteiger partial charge on any atom is 0.284 e. The summed E-state index contributed by atoms with van der Waals surface area (Å²) in [5.74, 6) is -2.55. The van der Waals surface area contributed by atoms with E-state index in [2.05, 4.69) is 10.2 Å². The number of carbonyl (C=O) groups excluding carboxylic acids is 4. The molecule has 3 rings (SSSR count). The first-order chi connectivity index (χ1) is 10.4. The summed E-state index contributed by atoms with van der Waals surface area (Å²) in [6.45, 7) is 2.73. The fourth-order valence-electron chi connectivity index (χ4n) is 3.23. The molecule has 22 heavy (non-hydrogen) atoms. The van der Waals surface area contributed by atoms with Crippen molar-refractivity contribution in [3.05, 3.63) is 0 Å². The molecule has 2 atom stereocenters. The van der Waals surface area contributed by atoms with Gasteiger partial charge in [0.1, 0.15) is 6.04 Å². The van der Waals surface area contributed by atoms with E-state index in [-0.39, 0.29) is 24.7 Å². The van der Waals surface area contributed by atoms with E-state index >= 15 is 0 Å². The van der Waals surface area contributed by atoms with Crippen LogP contribution >= 0.6 is 0 Å². The third kappa shape index (κ3) is 3.82. The molecule has 3 aliphatic heterocycles. The minimum atomic E-state index is -1.05. The molecule has 0 saturated carbocycles. The van der Waals surface area contributed by atoms with Crippen LogP contribution in [-0.2, 0) is 19.2 Å². The number of nitrogens with one attached hydrogen (secondary N) is 1. The summed E-state index contributed by atoms with van der Waals surface area (Å²) in [6, 6.07) is -0.953. The van der Waals surface area contributed by atoms with Crippen molar-refractivity contribution in [1.82, 2.24) is 10.2 Å². The van der Waals surface area contributed by atoms with Crippen molar-refractivity contribution < 1.29 is 19.2 Å². The van der Waals surface area contributed by atoms with Crippen molar-refractivity contribution in [3.63, 3.8) is 0 Å². The number of nitrogens with two attached hydrogens (primary N) is 2. The standard InChI is InChI=1S/C14H22N4O4/c15-12(20)10(1-2-11(19)13(16)21)17-14(22)9-7-18-5-3-8(9)4-6-18/h8-10H,1-7H2,(H2,15,20)(H2,16,21)(H,17,22)/t9-,10?/m1/s1. The third-order valence-electron chi connectivity index (χ3n) is 4.59. The first-order valence-corrected chi connectivity index (χ1v) is 7.53. The Hall–Kier alpha value is -1.96. The molecule has 0 aromatic heterocycles. The first-order valence-electron chi connectivity index (χ1n) is 7.53. The Labute approximate surface area is 128 Å². The summed E-state index contributed by atoms with van der Waals surface area (Å²) in [5.41, 5.74) is 10.1. The highest BCUT2D eigenvalue weighted by atomic mass is 16.2. The monoisotopic (exact) mass is 310 g/mol. The van der Waals surface area contributed by atoms with E-state index in [1.807, 2.05) is 0 Å². The highest BCUT2D eigenvalue weighted by Gasteiger charge is 2.39. The largest absolute Gasteiger partial charge is 0.368 e. The fourth-order valence-corrected chi connectivity index (χ4v) is 3.23. The molecule has 8 nitrogen and oxygen atoms in total. The van der Waals surface area contributed by atoms with Crippen molar-refractivity contribution in [2.75, 3.05) is 19.6 Å². The summed E-state index contributed by atoms with van der Waals surface area (Å²) in [6.07, 6.45) is 1.76. The van der Waals surface area contributed by atoms with Crippen molar-refractivity contribution in [3.8, 4) is 0 Å². The zero-order valence-corrected chi connectivity index (χ0v) is 12.4. The van der Waals surface area contributed by atoms with Crippen LogP contribution in [0.5, 0.6) is 0 Å². The van der Waals surface area contributed by atoms with Gasteiger partial charge in [0.05, 0.1) is 5.92 Å². The second-order valence-corrected chi connectivity index (χ2v) is 6.03. The van der Waals surface area contributed by atoms with Gasteiger partial charge in [-0.05, 0) is 38.3 Å². The number of hydrogen-bond acceptors (Lipinski definition) is 5. The number of Topliss-reactive ketones (excluding diaryl/α,β-unsaturated/α-hetero) is 1. The lowest BCUT2D eigenvalue weighted by Crippen LogP contribution is -2.55. The van der Waals surface area contributed by atoms with Crippen LogP contribution in [-0.4, -0.2) is 54.1 Å². The number of piperidine rings is 3. The highest BCUT2D eigenvalue weighted by Crippen LogP contribution is 2.32. The van der Waals surface area contributed by atoms with Crippen molar-refractivity contribution in [2.45, 2.75) is 31.7 Å². The lowest BCUT2D eigenvalue weighted by atomic mass is 9.78. The number of carbonyl (C=O) groups is 4. The number of nitrogens with zero attached hydrogens (tertiary/aromatic N) is 1. The Morgan fingerprint density at radius 1 is 1.14 bits per heavy atom. The zero-order chi connectivity index (χ0) is 16.3. The number of rotatable bonds is 7. The maximum absolute atomic E-state index is 12.4. The van der Waals surface area contributed by atoms with Crippen LogP contribution in [0.25, 0.3) is 0 Å². The second-order valence-electron chi connectivity index (χ2n) is 6.03. The third-order valence-corrected chi connectivity index (χ3v) is 4.59. The zero-order valence-electron chi connectivity index (χ0n) is 12.4. The molecule has 122 valence electrons. The van der Waals surface area contributed by atoms with E-state index in [1.165, 1.54) is 0 Å². The van der Waals surface area contributed by atoms with Crippen LogP contribution in [0, 0.1) is 11.8 Å². The molecule has 0 radical (unpaired) electrons. The van der Waals surface area contributed by atoms with Gasteiger partial charge >= 0.3 is 0 Å². The molecule has 0 aliphatic carbocycles. The van der Waals surface area contributed by atoms with Crippen molar-refractivity contribution >= 4 is 23.5 Å². The van der Waals surface area contributed by atoms with E-state index in [0.29, 0.717) is 12.5 Å². The molecule has 1 unspecified atom stereocenters. The van der Waals surface area contributed by atoms with Crippen LogP contribution < -0.4 is 16.8 Å². The van der Waals surface area contributed by atoms with Gasteiger partial charge in [0, 0.05) is 13.0 Å². The summed E-state index contributed by atoms with van der Waals surface area (Å²) >= 11 is 0. The number of amides is 3. The van der Waals surface area contributed by atoms with E-state index in [4.69, 9.17) is 11.5 Å². The van der Waals surface area contributed by atoms with Gasteiger partial charge in [-0.2, -0.15) is 0 Å². The SMILES string of the molecule is NC(=O)C(=O)CCC(NC(=O)[C@@H]1CN2CCC1CC2)C(N)=O. The molecule has 8 heteroatoms. The van der Waals surface area contributed by atoms with Gasteiger partial charge in [-0.25, -0.2) is 0 Å². The molecule has 3 heterocycles. The van der Waals surface area contributed by atoms with Crippen LogP contribution in [0.15, 0.2) is 0 Å². The number of ketones is 1. The minimum absolute atomic E-state index is 0.00997. The topological polar surface area (TPSA) is 136 Å². The maximum atomic E-state index is 12.4. The van der Waals surface area contributed by atoms with E-state index in [9.17, 15) is 19.2 Å². The summed E-state index contributed by atoms with van der Waals surface area (Å²) in [7, 11) is 0. The predicted octanol–water partition coefficient (Wildman–Crippen LogP) is -1.87. The van der Waals surface area contributed by atoms with Crippen molar-refractivity contribution in [2.24, 2.45) is 23.3 Å². The fraction of sp³-hybridized carbons (Fsp3) is 0.714. The van der Waals surface area contributed by atoms with Crippen LogP contribution in [0.1, 0.15) is 25.7 Å². The smallest absolute Gasteiger partial charge is 0.284 e. The molecular formula is C14H22N4O4. The molecule has 0 aromatic carbocycles. The van der Waals surface area contributed by atoms with Gasteiger partial charge in [0.25, 0.3) is 5.91 Å². The van der Waals surface area contributed by atoms with Crippen molar-refractivity contribution in [1.29, 1.82) is 0 Å². The molecule has 0 spiro atoms. The average Bonchev–Trinajstić information content (AvgIpc) is 2.51. The Kier molecular flexibility index (Phi) is 5.12. The summed E-state index contributed by atoms with van der Waals surface area (Å²) in [4.78, 5) is 47.9. The average molecular weight is 310 g/mol. The van der Waals surface area contributed by atoms with E-state index in [1.54, 1.807) is 0 Å². The molecule has 3 amide bonds. The van der Waals surface area contributed by atoms with Gasteiger partial charge in [-0.1, -0.05) is 0 Å². The van der Waals surface area contributed by atoms with Crippen LogP contribution in [0.2, 0.25) is 0 Å². The van der Waals surface area contributed by atoms with E-state index < -0.39 is 23.6 Å². The lowest BCUT2D eigenvalue weighted by Gasteiger charge is -2.44. The molecule has 5 N–H and O–H groups in total. The molecule has 0 aromatic rings. The van der Waals surface area contributed by atoms with Gasteiger partial charge in [0.15, 0.2) is 0 Å². The second kappa shape index (κ2) is 6.87. The Bertz CT molecular complexity index is 485. The number of primary amides is 2. The predicted molar refractivity (Wildman–Crippen MR) is 77.2 cm³/mol. The number of fused-ring (bicyclic) bond motifs is 3. The Morgan fingerprint density at radius 2 is 1.77 bits per heavy atom. The minimum Gasteiger partial charge on any atom is -0.368 e. The first kappa shape index (κ1) is 16.4. The molecule has 2 bridgehead atoms. The Balaban J connectivity index is 1.90. The van der Waals surface area contributed by atoms with Gasteiger partial charge in [-0.15, -0.1) is 0 Å². The normalized spacial score (nSPS) is 27.9. The van der Waals surface area contributed by atoms with E-state index in [0.717, 1.165) is 25.9 Å². The molecule has 3 fully saturated rings. The molecule has 3 aliphatic rings. The lowest BCUT2D eigenvalue weighted by molar-refractivity contribution is -0.137. The van der Waals surface area contributed by atoms with Gasteiger partial charge in [0.2, 0.25) is 17.6 Å². The van der Waals surface area contributed by atoms with Crippen LogP contribution in [0.3, 0.4) is 0 Å². The van der Waals surface area contributed by atoms with Gasteiger partial charge in [-0.3, -0.25) is 19.2 Å². The molecule has 3 saturated heterocycles. The highest BCUT2D eigenvalue weighted by molar-refractivity contribution is 6.35. The van der Waals surface area contributed by atoms with Crippen LogP contribution in [0.4, 0.5) is 0 Å². The summed E-state index contributed by atoms with van der Waals surface area (Å²) < 4.78 is 0. The number of hydrogen-bond donors (Lipinski definition) is 3. The summed E-state index contributed by atoms with van der Waals surface area (Å²) in [5, 5.41) is 2.62.